The van der Waals surface area contributed by atoms with E-state index in [0.29, 0.717) is 10.7 Å². The zero-order valence-corrected chi connectivity index (χ0v) is 13.4. The number of nitrogens with one attached hydrogen (secondary N) is 1. The van der Waals surface area contributed by atoms with Crippen molar-refractivity contribution in [2.24, 2.45) is 0 Å². The predicted molar refractivity (Wildman–Crippen MR) is 82.6 cm³/mol. The lowest BCUT2D eigenvalue weighted by Gasteiger charge is -2.18. The van der Waals surface area contributed by atoms with Crippen LogP contribution in [0.3, 0.4) is 0 Å². The molecule has 0 spiro atoms. The molecule has 2 aromatic rings. The molecular formula is C15H12BrClF3N. The van der Waals surface area contributed by atoms with E-state index in [0.717, 1.165) is 22.2 Å². The van der Waals surface area contributed by atoms with Crippen LogP contribution in [0, 0.1) is 0 Å². The quantitative estimate of drug-likeness (QED) is 0.661. The maximum Gasteiger partial charge on any atom is 0.416 e. The molecule has 1 atom stereocenters. The van der Waals surface area contributed by atoms with Crippen molar-refractivity contribution >= 4 is 33.2 Å². The van der Waals surface area contributed by atoms with Gasteiger partial charge in [-0.1, -0.05) is 33.6 Å². The zero-order valence-electron chi connectivity index (χ0n) is 11.0. The van der Waals surface area contributed by atoms with Crippen LogP contribution in [0.2, 0.25) is 5.02 Å². The van der Waals surface area contributed by atoms with E-state index in [-0.39, 0.29) is 6.04 Å². The van der Waals surface area contributed by atoms with Gasteiger partial charge in [0.05, 0.1) is 5.56 Å². The molecule has 0 aliphatic rings. The number of anilines is 1. The SMILES string of the molecule is CC(Nc1ccc(C(F)(F)F)cc1)c1ccc(Br)cc1Cl. The third kappa shape index (κ3) is 4.14. The Hall–Kier alpha value is -1.20. The zero-order chi connectivity index (χ0) is 15.6. The van der Waals surface area contributed by atoms with Crippen LogP contribution < -0.4 is 5.32 Å². The van der Waals surface area contributed by atoms with E-state index in [1.54, 1.807) is 6.07 Å². The fourth-order valence-electron chi connectivity index (χ4n) is 1.94. The van der Waals surface area contributed by atoms with Crippen LogP contribution in [0.4, 0.5) is 18.9 Å². The van der Waals surface area contributed by atoms with Crippen LogP contribution in [0.15, 0.2) is 46.9 Å². The first kappa shape index (κ1) is 16.2. The fourth-order valence-corrected chi connectivity index (χ4v) is 2.77. The second-order valence-corrected chi connectivity index (χ2v) is 5.93. The molecule has 0 saturated carbocycles. The van der Waals surface area contributed by atoms with E-state index in [4.69, 9.17) is 11.6 Å². The highest BCUT2D eigenvalue weighted by molar-refractivity contribution is 9.10. The average molecular weight is 379 g/mol. The Morgan fingerprint density at radius 1 is 1.10 bits per heavy atom. The van der Waals surface area contributed by atoms with E-state index in [9.17, 15) is 13.2 Å². The fraction of sp³-hybridized carbons (Fsp3) is 0.200. The molecule has 1 nitrogen and oxygen atoms in total. The number of benzene rings is 2. The lowest BCUT2D eigenvalue weighted by Crippen LogP contribution is -2.08. The first-order valence-corrected chi connectivity index (χ1v) is 7.33. The summed E-state index contributed by atoms with van der Waals surface area (Å²) in [5.41, 5.74) is 0.816. The molecule has 0 heterocycles. The molecule has 2 aromatic carbocycles. The van der Waals surface area contributed by atoms with Gasteiger partial charge >= 0.3 is 6.18 Å². The van der Waals surface area contributed by atoms with Crippen LogP contribution in [-0.4, -0.2) is 0 Å². The van der Waals surface area contributed by atoms with Gasteiger partial charge in [0.2, 0.25) is 0 Å². The van der Waals surface area contributed by atoms with Gasteiger partial charge in [0.25, 0.3) is 0 Å². The standard InChI is InChI=1S/C15H12BrClF3N/c1-9(13-7-4-11(16)8-14(13)17)21-12-5-2-10(3-6-12)15(18,19)20/h2-9,21H,1H3. The summed E-state index contributed by atoms with van der Waals surface area (Å²) in [7, 11) is 0. The summed E-state index contributed by atoms with van der Waals surface area (Å²) in [6, 6.07) is 10.3. The minimum absolute atomic E-state index is 0.123. The van der Waals surface area contributed by atoms with E-state index in [1.165, 1.54) is 12.1 Å². The number of alkyl halides is 3. The maximum atomic E-state index is 12.5. The van der Waals surface area contributed by atoms with Gasteiger partial charge in [-0.25, -0.2) is 0 Å². The number of hydrogen-bond donors (Lipinski definition) is 1. The van der Waals surface area contributed by atoms with Crippen molar-refractivity contribution in [1.29, 1.82) is 0 Å². The van der Waals surface area contributed by atoms with Gasteiger partial charge in [-0.2, -0.15) is 13.2 Å². The summed E-state index contributed by atoms with van der Waals surface area (Å²) in [4.78, 5) is 0. The molecule has 0 radical (unpaired) electrons. The summed E-state index contributed by atoms with van der Waals surface area (Å²) in [6.45, 7) is 1.90. The molecule has 0 bridgehead atoms. The molecule has 112 valence electrons. The minimum Gasteiger partial charge on any atom is -0.378 e. The number of hydrogen-bond acceptors (Lipinski definition) is 1. The van der Waals surface area contributed by atoms with E-state index in [2.05, 4.69) is 21.2 Å². The molecule has 0 saturated heterocycles. The van der Waals surface area contributed by atoms with Crippen molar-refractivity contribution in [1.82, 2.24) is 0 Å². The monoisotopic (exact) mass is 377 g/mol. The van der Waals surface area contributed by atoms with Gasteiger partial charge in [-0.3, -0.25) is 0 Å². The third-order valence-electron chi connectivity index (χ3n) is 3.02. The maximum absolute atomic E-state index is 12.5. The highest BCUT2D eigenvalue weighted by Gasteiger charge is 2.29. The molecular weight excluding hydrogens is 367 g/mol. The first-order valence-electron chi connectivity index (χ1n) is 6.16. The average Bonchev–Trinajstić information content (AvgIpc) is 2.38. The topological polar surface area (TPSA) is 12.0 Å². The van der Waals surface area contributed by atoms with Crippen LogP contribution >= 0.6 is 27.5 Å². The van der Waals surface area contributed by atoms with Crippen LogP contribution in [0.25, 0.3) is 0 Å². The number of rotatable bonds is 3. The summed E-state index contributed by atoms with van der Waals surface area (Å²) in [5.74, 6) is 0. The molecule has 2 rings (SSSR count). The Morgan fingerprint density at radius 3 is 2.24 bits per heavy atom. The smallest absolute Gasteiger partial charge is 0.378 e. The Balaban J connectivity index is 2.14. The molecule has 0 aliphatic heterocycles. The summed E-state index contributed by atoms with van der Waals surface area (Å²) >= 11 is 9.48. The summed E-state index contributed by atoms with van der Waals surface area (Å²) < 4.78 is 38.4. The third-order valence-corrected chi connectivity index (χ3v) is 3.84. The van der Waals surface area contributed by atoms with Crippen molar-refractivity contribution in [3.63, 3.8) is 0 Å². The van der Waals surface area contributed by atoms with Gasteiger partial charge in [-0.05, 0) is 48.9 Å². The lowest BCUT2D eigenvalue weighted by atomic mass is 10.1. The van der Waals surface area contributed by atoms with Crippen molar-refractivity contribution < 1.29 is 13.2 Å². The van der Waals surface area contributed by atoms with Gasteiger partial charge in [0.15, 0.2) is 0 Å². The van der Waals surface area contributed by atoms with Crippen LogP contribution in [-0.2, 0) is 6.18 Å². The molecule has 21 heavy (non-hydrogen) atoms. The van der Waals surface area contributed by atoms with E-state index < -0.39 is 11.7 Å². The van der Waals surface area contributed by atoms with Crippen molar-refractivity contribution in [3.05, 3.63) is 63.1 Å². The van der Waals surface area contributed by atoms with E-state index >= 15 is 0 Å². The van der Waals surface area contributed by atoms with Gasteiger partial charge in [0, 0.05) is 21.2 Å². The molecule has 0 amide bonds. The molecule has 1 unspecified atom stereocenters. The largest absolute Gasteiger partial charge is 0.416 e. The van der Waals surface area contributed by atoms with Crippen LogP contribution in [0.1, 0.15) is 24.1 Å². The summed E-state index contributed by atoms with van der Waals surface area (Å²) in [5, 5.41) is 3.72. The summed E-state index contributed by atoms with van der Waals surface area (Å²) in [6.07, 6.45) is -4.32. The number of halogens is 5. The Morgan fingerprint density at radius 2 is 1.71 bits per heavy atom. The van der Waals surface area contributed by atoms with Gasteiger partial charge in [0.1, 0.15) is 0 Å². The van der Waals surface area contributed by atoms with Crippen molar-refractivity contribution in [3.8, 4) is 0 Å². The first-order chi connectivity index (χ1) is 9.77. The Bertz CT molecular complexity index is 626. The molecule has 1 N–H and O–H groups in total. The second-order valence-electron chi connectivity index (χ2n) is 4.61. The highest BCUT2D eigenvalue weighted by Crippen LogP contribution is 2.32. The van der Waals surface area contributed by atoms with Crippen LogP contribution in [0.5, 0.6) is 0 Å². The highest BCUT2D eigenvalue weighted by atomic mass is 79.9. The van der Waals surface area contributed by atoms with Gasteiger partial charge in [-0.15, -0.1) is 0 Å². The molecule has 0 aliphatic carbocycles. The molecule has 6 heteroatoms. The van der Waals surface area contributed by atoms with E-state index in [1.807, 2.05) is 19.1 Å². The Kier molecular flexibility index (Phi) is 4.84. The second kappa shape index (κ2) is 6.28. The lowest BCUT2D eigenvalue weighted by molar-refractivity contribution is -0.137. The van der Waals surface area contributed by atoms with Crippen molar-refractivity contribution in [2.45, 2.75) is 19.1 Å². The van der Waals surface area contributed by atoms with Crippen molar-refractivity contribution in [2.75, 3.05) is 5.32 Å². The van der Waals surface area contributed by atoms with Gasteiger partial charge < -0.3 is 5.32 Å². The molecule has 0 aromatic heterocycles. The minimum atomic E-state index is -4.32. The Labute approximate surface area is 134 Å². The molecule has 0 fully saturated rings. The normalized spacial score (nSPS) is 13.0. The predicted octanol–water partition coefficient (Wildman–Crippen LogP) is 6.29.